The minimum absolute atomic E-state index is 0.0605. The van der Waals surface area contributed by atoms with Gasteiger partial charge in [-0.3, -0.25) is 14.4 Å². The third kappa shape index (κ3) is 63.2. The predicted molar refractivity (Wildman–Crippen MR) is 330 cm³/mol. The van der Waals surface area contributed by atoms with Gasteiger partial charge in [0.05, 0.1) is 0 Å². The van der Waals surface area contributed by atoms with Crippen LogP contribution in [0.1, 0.15) is 412 Å². The maximum Gasteiger partial charge on any atom is 0.306 e. The van der Waals surface area contributed by atoms with Crippen molar-refractivity contribution in [2.75, 3.05) is 13.2 Å². The lowest BCUT2D eigenvalue weighted by atomic mass is 10.0. The molecular formula is C70H136O6. The Morgan fingerprint density at radius 1 is 0.211 bits per heavy atom. The van der Waals surface area contributed by atoms with Crippen LogP contribution in [-0.2, 0) is 28.6 Å². The van der Waals surface area contributed by atoms with Crippen molar-refractivity contribution in [2.24, 2.45) is 0 Å². The maximum atomic E-state index is 12.9. The van der Waals surface area contributed by atoms with E-state index in [1.807, 2.05) is 0 Å². The monoisotopic (exact) mass is 1070 g/mol. The molecule has 0 bridgehead atoms. The van der Waals surface area contributed by atoms with Crippen molar-refractivity contribution in [3.63, 3.8) is 0 Å². The molecule has 0 N–H and O–H groups in total. The van der Waals surface area contributed by atoms with Crippen LogP contribution in [0.2, 0.25) is 0 Å². The van der Waals surface area contributed by atoms with E-state index in [1.165, 1.54) is 315 Å². The van der Waals surface area contributed by atoms with Crippen LogP contribution in [0.5, 0.6) is 0 Å². The third-order valence-corrected chi connectivity index (χ3v) is 16.4. The van der Waals surface area contributed by atoms with Gasteiger partial charge >= 0.3 is 17.9 Å². The topological polar surface area (TPSA) is 78.9 Å². The van der Waals surface area contributed by atoms with E-state index < -0.39 is 6.10 Å². The van der Waals surface area contributed by atoms with Gasteiger partial charge in [0, 0.05) is 19.3 Å². The van der Waals surface area contributed by atoms with Crippen LogP contribution in [0, 0.1) is 0 Å². The molecule has 0 radical (unpaired) electrons. The van der Waals surface area contributed by atoms with Gasteiger partial charge in [0.25, 0.3) is 0 Å². The summed E-state index contributed by atoms with van der Waals surface area (Å²) in [4.78, 5) is 38.3. The third-order valence-electron chi connectivity index (χ3n) is 16.4. The normalized spacial score (nSPS) is 11.9. The number of rotatable bonds is 66. The van der Waals surface area contributed by atoms with Gasteiger partial charge in [0.1, 0.15) is 13.2 Å². The van der Waals surface area contributed by atoms with Crippen LogP contribution < -0.4 is 0 Å². The quantitative estimate of drug-likeness (QED) is 0.0343. The lowest BCUT2D eigenvalue weighted by Crippen LogP contribution is -2.30. The fraction of sp³-hybridized carbons (Fsp3) is 0.957. The highest BCUT2D eigenvalue weighted by Gasteiger charge is 2.19. The summed E-state index contributed by atoms with van der Waals surface area (Å²) in [5.41, 5.74) is 0. The number of carbonyl (C=O) groups excluding carboxylic acids is 3. The second-order valence-corrected chi connectivity index (χ2v) is 24.2. The number of ether oxygens (including phenoxy) is 3. The summed E-state index contributed by atoms with van der Waals surface area (Å²) in [5, 5.41) is 0. The van der Waals surface area contributed by atoms with E-state index in [-0.39, 0.29) is 31.1 Å². The SMILES string of the molecule is CCCCCCCCCCCCCCCCCCCCCCCCCCCCCCCCC(=O)OCC(COC(=O)CCCCCCCCCCCCCC)OC(=O)CCCCCCCCCCCCCCCCCC. The molecular weight excluding hydrogens is 937 g/mol. The highest BCUT2D eigenvalue weighted by Crippen LogP contribution is 2.19. The summed E-state index contributed by atoms with van der Waals surface area (Å²) < 4.78 is 17.0. The van der Waals surface area contributed by atoms with E-state index in [4.69, 9.17) is 14.2 Å². The van der Waals surface area contributed by atoms with Gasteiger partial charge in [-0.25, -0.2) is 0 Å². The maximum absolute atomic E-state index is 12.9. The number of unbranched alkanes of at least 4 members (excludes halogenated alkanes) is 55. The zero-order chi connectivity index (χ0) is 55.0. The van der Waals surface area contributed by atoms with E-state index >= 15 is 0 Å². The standard InChI is InChI=1S/C70H136O6/c1-4-7-10-13-16-19-22-25-27-29-30-31-32-33-34-35-36-37-38-39-40-41-42-44-45-48-51-54-57-60-63-69(72)75-66-67(65-74-68(71)62-59-56-53-50-47-24-21-18-15-12-9-6-3)76-70(73)64-61-58-55-52-49-46-43-28-26-23-20-17-14-11-8-5-2/h67H,4-66H2,1-3H3. The fourth-order valence-corrected chi connectivity index (χ4v) is 11.1. The van der Waals surface area contributed by atoms with E-state index in [2.05, 4.69) is 20.8 Å². The summed E-state index contributed by atoms with van der Waals surface area (Å²) in [6.45, 7) is 6.73. The first-order chi connectivity index (χ1) is 37.5. The Morgan fingerprint density at radius 2 is 0.355 bits per heavy atom. The Labute approximate surface area is 476 Å². The van der Waals surface area contributed by atoms with Gasteiger partial charge in [-0.15, -0.1) is 0 Å². The van der Waals surface area contributed by atoms with Crippen LogP contribution in [0.25, 0.3) is 0 Å². The van der Waals surface area contributed by atoms with Crippen molar-refractivity contribution in [3.05, 3.63) is 0 Å². The summed E-state index contributed by atoms with van der Waals surface area (Å²) in [6.07, 6.45) is 77.2. The molecule has 1 unspecified atom stereocenters. The van der Waals surface area contributed by atoms with E-state index in [0.717, 1.165) is 57.8 Å². The van der Waals surface area contributed by atoms with Crippen molar-refractivity contribution in [3.8, 4) is 0 Å². The summed E-state index contributed by atoms with van der Waals surface area (Å²) in [6, 6.07) is 0. The second kappa shape index (κ2) is 65.9. The molecule has 0 aliphatic carbocycles. The second-order valence-electron chi connectivity index (χ2n) is 24.2. The molecule has 1 atom stereocenters. The van der Waals surface area contributed by atoms with Crippen molar-refractivity contribution < 1.29 is 28.6 Å². The summed E-state index contributed by atoms with van der Waals surface area (Å²) >= 11 is 0. The van der Waals surface area contributed by atoms with Crippen LogP contribution in [0.3, 0.4) is 0 Å². The Morgan fingerprint density at radius 3 is 0.526 bits per heavy atom. The number of esters is 3. The van der Waals surface area contributed by atoms with Gasteiger partial charge in [-0.2, -0.15) is 0 Å². The molecule has 0 spiro atoms. The van der Waals surface area contributed by atoms with Gasteiger partial charge in [-0.05, 0) is 19.3 Å². The molecule has 0 aromatic heterocycles. The van der Waals surface area contributed by atoms with Gasteiger partial charge in [0.15, 0.2) is 6.10 Å². The molecule has 0 saturated heterocycles. The predicted octanol–water partition coefficient (Wildman–Crippen LogP) is 23.8. The average Bonchev–Trinajstić information content (AvgIpc) is 3.42. The molecule has 0 rings (SSSR count). The highest BCUT2D eigenvalue weighted by atomic mass is 16.6. The van der Waals surface area contributed by atoms with Crippen molar-refractivity contribution in [1.29, 1.82) is 0 Å². The molecule has 0 aliphatic rings. The molecule has 6 heteroatoms. The smallest absolute Gasteiger partial charge is 0.306 e. The Hall–Kier alpha value is -1.59. The summed E-state index contributed by atoms with van der Waals surface area (Å²) in [5.74, 6) is -0.824. The van der Waals surface area contributed by atoms with Gasteiger partial charge < -0.3 is 14.2 Å². The van der Waals surface area contributed by atoms with Gasteiger partial charge in [0.2, 0.25) is 0 Å². The zero-order valence-corrected chi connectivity index (χ0v) is 52.1. The minimum atomic E-state index is -0.762. The molecule has 0 aromatic carbocycles. The Balaban J connectivity index is 4.08. The Bertz CT molecular complexity index is 1140. The fourth-order valence-electron chi connectivity index (χ4n) is 11.1. The zero-order valence-electron chi connectivity index (χ0n) is 52.1. The van der Waals surface area contributed by atoms with Crippen LogP contribution in [0.15, 0.2) is 0 Å². The number of carbonyl (C=O) groups is 3. The molecule has 0 heterocycles. The van der Waals surface area contributed by atoms with E-state index in [1.54, 1.807) is 0 Å². The molecule has 0 aliphatic heterocycles. The Kier molecular flexibility index (Phi) is 64.5. The first-order valence-electron chi connectivity index (χ1n) is 35.0. The van der Waals surface area contributed by atoms with Crippen LogP contribution >= 0.6 is 0 Å². The number of hydrogen-bond donors (Lipinski definition) is 0. The molecule has 0 fully saturated rings. The minimum Gasteiger partial charge on any atom is -0.462 e. The average molecular weight is 1070 g/mol. The van der Waals surface area contributed by atoms with Crippen LogP contribution in [0.4, 0.5) is 0 Å². The van der Waals surface area contributed by atoms with E-state index in [9.17, 15) is 14.4 Å². The molecule has 0 aromatic rings. The lowest BCUT2D eigenvalue weighted by molar-refractivity contribution is -0.167. The molecule has 452 valence electrons. The highest BCUT2D eigenvalue weighted by molar-refractivity contribution is 5.71. The van der Waals surface area contributed by atoms with Crippen LogP contribution in [-0.4, -0.2) is 37.2 Å². The number of hydrogen-bond acceptors (Lipinski definition) is 6. The summed E-state index contributed by atoms with van der Waals surface area (Å²) in [7, 11) is 0. The molecule has 0 saturated carbocycles. The molecule has 76 heavy (non-hydrogen) atoms. The van der Waals surface area contributed by atoms with Gasteiger partial charge in [-0.1, -0.05) is 374 Å². The first kappa shape index (κ1) is 74.4. The molecule has 0 amide bonds. The van der Waals surface area contributed by atoms with Crippen molar-refractivity contribution in [2.45, 2.75) is 419 Å². The lowest BCUT2D eigenvalue weighted by Gasteiger charge is -2.18. The van der Waals surface area contributed by atoms with Crippen molar-refractivity contribution in [1.82, 2.24) is 0 Å². The largest absolute Gasteiger partial charge is 0.462 e. The van der Waals surface area contributed by atoms with E-state index in [0.29, 0.717) is 19.3 Å². The van der Waals surface area contributed by atoms with Crippen molar-refractivity contribution >= 4 is 17.9 Å². The molecule has 6 nitrogen and oxygen atoms in total. The first-order valence-corrected chi connectivity index (χ1v) is 35.0.